The van der Waals surface area contributed by atoms with Gasteiger partial charge in [0.25, 0.3) is 0 Å². The lowest BCUT2D eigenvalue weighted by molar-refractivity contribution is 0.229. The van der Waals surface area contributed by atoms with Crippen LogP contribution in [0, 0.1) is 0 Å². The van der Waals surface area contributed by atoms with Gasteiger partial charge >= 0.3 is 0 Å². The Morgan fingerprint density at radius 1 is 1.14 bits per heavy atom. The standard InChI is InChI=1S/C15H28N6/c1-4-16-11-14-12-18-15(13-17-14)21-9-7-20(8-10-21)6-5-19(2)3/h12-13,16H,4-11H2,1-3H3. The molecule has 6 nitrogen and oxygen atoms in total. The zero-order valence-corrected chi connectivity index (χ0v) is 13.5. The Morgan fingerprint density at radius 2 is 1.90 bits per heavy atom. The van der Waals surface area contributed by atoms with Crippen LogP contribution in [0.2, 0.25) is 0 Å². The van der Waals surface area contributed by atoms with Crippen molar-refractivity contribution in [3.05, 3.63) is 18.1 Å². The predicted octanol–water partition coefficient (Wildman–Crippen LogP) is 0.270. The SMILES string of the molecule is CCNCc1cnc(N2CCN(CCN(C)C)CC2)cn1. The van der Waals surface area contributed by atoms with Crippen LogP contribution in [0.25, 0.3) is 0 Å². The summed E-state index contributed by atoms with van der Waals surface area (Å²) in [6.45, 7) is 10.4. The summed E-state index contributed by atoms with van der Waals surface area (Å²) >= 11 is 0. The zero-order chi connectivity index (χ0) is 15.1. The van der Waals surface area contributed by atoms with Gasteiger partial charge in [0.2, 0.25) is 0 Å². The molecule has 1 aromatic heterocycles. The molecule has 0 spiro atoms. The maximum absolute atomic E-state index is 4.55. The molecule has 1 aliphatic heterocycles. The number of hydrogen-bond acceptors (Lipinski definition) is 6. The van der Waals surface area contributed by atoms with Crippen molar-refractivity contribution in [3.63, 3.8) is 0 Å². The number of anilines is 1. The lowest BCUT2D eigenvalue weighted by Crippen LogP contribution is -2.48. The van der Waals surface area contributed by atoms with Crippen LogP contribution in [0.3, 0.4) is 0 Å². The van der Waals surface area contributed by atoms with Gasteiger partial charge < -0.3 is 15.1 Å². The molecule has 21 heavy (non-hydrogen) atoms. The second-order valence-corrected chi connectivity index (χ2v) is 5.78. The third-order valence-corrected chi connectivity index (χ3v) is 3.81. The van der Waals surface area contributed by atoms with Crippen molar-refractivity contribution < 1.29 is 0 Å². The van der Waals surface area contributed by atoms with E-state index in [0.29, 0.717) is 0 Å². The van der Waals surface area contributed by atoms with E-state index in [1.54, 1.807) is 0 Å². The van der Waals surface area contributed by atoms with Crippen LogP contribution in [-0.2, 0) is 6.54 Å². The lowest BCUT2D eigenvalue weighted by Gasteiger charge is -2.35. The molecule has 0 unspecified atom stereocenters. The van der Waals surface area contributed by atoms with Gasteiger partial charge in [0.05, 0.1) is 18.1 Å². The highest BCUT2D eigenvalue weighted by atomic mass is 15.3. The summed E-state index contributed by atoms with van der Waals surface area (Å²) in [7, 11) is 4.25. The molecule has 0 bridgehead atoms. The Labute approximate surface area is 128 Å². The monoisotopic (exact) mass is 292 g/mol. The third kappa shape index (κ3) is 5.22. The Bertz CT molecular complexity index is 397. The van der Waals surface area contributed by atoms with Crippen molar-refractivity contribution in [2.24, 2.45) is 0 Å². The van der Waals surface area contributed by atoms with E-state index in [2.05, 4.69) is 51.0 Å². The third-order valence-electron chi connectivity index (χ3n) is 3.81. The molecular weight excluding hydrogens is 264 g/mol. The molecule has 6 heteroatoms. The minimum Gasteiger partial charge on any atom is -0.353 e. The average Bonchev–Trinajstić information content (AvgIpc) is 2.52. The van der Waals surface area contributed by atoms with Crippen molar-refractivity contribution in [1.82, 2.24) is 25.1 Å². The molecule has 1 aromatic rings. The molecule has 1 saturated heterocycles. The Hall–Kier alpha value is -1.24. The second-order valence-electron chi connectivity index (χ2n) is 5.78. The van der Waals surface area contributed by atoms with Gasteiger partial charge in [-0.25, -0.2) is 4.98 Å². The molecule has 0 aromatic carbocycles. The first-order valence-electron chi connectivity index (χ1n) is 7.82. The van der Waals surface area contributed by atoms with Gasteiger partial charge in [0.1, 0.15) is 5.82 Å². The minimum absolute atomic E-state index is 0.794. The van der Waals surface area contributed by atoms with Crippen LogP contribution in [-0.4, -0.2) is 79.7 Å². The average molecular weight is 292 g/mol. The summed E-state index contributed by atoms with van der Waals surface area (Å²) in [5.74, 6) is 1.00. The normalized spacial score (nSPS) is 16.7. The zero-order valence-electron chi connectivity index (χ0n) is 13.5. The van der Waals surface area contributed by atoms with Gasteiger partial charge in [-0.1, -0.05) is 6.92 Å². The first-order valence-corrected chi connectivity index (χ1v) is 7.82. The van der Waals surface area contributed by atoms with Gasteiger partial charge in [-0.3, -0.25) is 9.88 Å². The molecule has 0 radical (unpaired) electrons. The largest absolute Gasteiger partial charge is 0.353 e. The summed E-state index contributed by atoms with van der Waals surface area (Å²) < 4.78 is 0. The fraction of sp³-hybridized carbons (Fsp3) is 0.733. The minimum atomic E-state index is 0.794. The maximum atomic E-state index is 4.55. The highest BCUT2D eigenvalue weighted by Crippen LogP contribution is 2.12. The summed E-state index contributed by atoms with van der Waals surface area (Å²) in [6.07, 6.45) is 3.79. The van der Waals surface area contributed by atoms with Gasteiger partial charge in [-0.15, -0.1) is 0 Å². The number of hydrogen-bond donors (Lipinski definition) is 1. The van der Waals surface area contributed by atoms with Crippen LogP contribution < -0.4 is 10.2 Å². The highest BCUT2D eigenvalue weighted by molar-refractivity contribution is 5.36. The Morgan fingerprint density at radius 3 is 2.48 bits per heavy atom. The summed E-state index contributed by atoms with van der Waals surface area (Å²) in [6, 6.07) is 0. The highest BCUT2D eigenvalue weighted by Gasteiger charge is 2.17. The second kappa shape index (κ2) is 8.26. The maximum Gasteiger partial charge on any atom is 0.147 e. The van der Waals surface area contributed by atoms with Crippen molar-refractivity contribution >= 4 is 5.82 Å². The van der Waals surface area contributed by atoms with Crippen LogP contribution >= 0.6 is 0 Å². The molecule has 2 heterocycles. The number of nitrogens with one attached hydrogen (secondary N) is 1. The van der Waals surface area contributed by atoms with Crippen LogP contribution in [0.1, 0.15) is 12.6 Å². The molecule has 1 aliphatic rings. The van der Waals surface area contributed by atoms with Crippen molar-refractivity contribution in [2.45, 2.75) is 13.5 Å². The van der Waals surface area contributed by atoms with Crippen molar-refractivity contribution in [3.8, 4) is 0 Å². The molecule has 0 aliphatic carbocycles. The first kappa shape index (κ1) is 16.1. The van der Waals surface area contributed by atoms with Gasteiger partial charge in [0.15, 0.2) is 0 Å². The topological polar surface area (TPSA) is 47.5 Å². The van der Waals surface area contributed by atoms with Gasteiger partial charge in [-0.2, -0.15) is 0 Å². The fourth-order valence-electron chi connectivity index (χ4n) is 2.40. The van der Waals surface area contributed by atoms with Crippen molar-refractivity contribution in [1.29, 1.82) is 0 Å². The van der Waals surface area contributed by atoms with E-state index < -0.39 is 0 Å². The smallest absolute Gasteiger partial charge is 0.147 e. The summed E-state index contributed by atoms with van der Waals surface area (Å²) in [5.41, 5.74) is 1.00. The number of rotatable bonds is 7. The summed E-state index contributed by atoms with van der Waals surface area (Å²) in [5, 5.41) is 3.27. The van der Waals surface area contributed by atoms with E-state index in [9.17, 15) is 0 Å². The molecular formula is C15H28N6. The van der Waals surface area contributed by atoms with Crippen LogP contribution in [0.4, 0.5) is 5.82 Å². The first-order chi connectivity index (χ1) is 10.2. The molecule has 0 atom stereocenters. The van der Waals surface area contributed by atoms with Gasteiger partial charge in [-0.05, 0) is 20.6 Å². The summed E-state index contributed by atoms with van der Waals surface area (Å²) in [4.78, 5) is 16.1. The Kier molecular flexibility index (Phi) is 6.35. The van der Waals surface area contributed by atoms with Crippen LogP contribution in [0.15, 0.2) is 12.4 Å². The molecule has 1 N–H and O–H groups in total. The quantitative estimate of drug-likeness (QED) is 0.778. The fourth-order valence-corrected chi connectivity index (χ4v) is 2.40. The molecule has 118 valence electrons. The number of piperazine rings is 1. The lowest BCUT2D eigenvalue weighted by atomic mass is 10.3. The predicted molar refractivity (Wildman–Crippen MR) is 86.6 cm³/mol. The van der Waals surface area contributed by atoms with E-state index in [1.165, 1.54) is 0 Å². The van der Waals surface area contributed by atoms with E-state index in [0.717, 1.165) is 63.9 Å². The number of nitrogens with zero attached hydrogens (tertiary/aromatic N) is 5. The molecule has 1 fully saturated rings. The van der Waals surface area contributed by atoms with Gasteiger partial charge in [0, 0.05) is 45.8 Å². The van der Waals surface area contributed by atoms with Crippen LogP contribution in [0.5, 0.6) is 0 Å². The molecule has 0 saturated carbocycles. The van der Waals surface area contributed by atoms with E-state index in [1.807, 2.05) is 12.4 Å². The van der Waals surface area contributed by atoms with Crippen molar-refractivity contribution in [2.75, 3.05) is 64.8 Å². The molecule has 0 amide bonds. The van der Waals surface area contributed by atoms with E-state index >= 15 is 0 Å². The number of aromatic nitrogens is 2. The Balaban J connectivity index is 1.79. The van der Waals surface area contributed by atoms with E-state index in [4.69, 9.17) is 0 Å². The van der Waals surface area contributed by atoms with E-state index in [-0.39, 0.29) is 0 Å². The number of likely N-dealkylation sites (N-methyl/N-ethyl adjacent to an activating group) is 1. The molecule has 2 rings (SSSR count).